The molecular weight excluding hydrogens is 281 g/mol. The van der Waals surface area contributed by atoms with Crippen LogP contribution in [0.3, 0.4) is 0 Å². The predicted octanol–water partition coefficient (Wildman–Crippen LogP) is 2.36. The van der Waals surface area contributed by atoms with E-state index in [-0.39, 0.29) is 17.3 Å². The van der Waals surface area contributed by atoms with Crippen LogP contribution in [0.1, 0.15) is 11.1 Å². The lowest BCUT2D eigenvalue weighted by Crippen LogP contribution is -2.12. The van der Waals surface area contributed by atoms with Crippen molar-refractivity contribution in [2.24, 2.45) is 5.14 Å². The summed E-state index contributed by atoms with van der Waals surface area (Å²) in [7, 11) is -3.91. The zero-order chi connectivity index (χ0) is 14.8. The molecule has 0 bridgehead atoms. The SMILES string of the molecule is Cc1ccccc1COc1ccc(S(N)(=O)=O)cc1F. The number of hydrogen-bond acceptors (Lipinski definition) is 3. The summed E-state index contributed by atoms with van der Waals surface area (Å²) in [6.07, 6.45) is 0. The summed E-state index contributed by atoms with van der Waals surface area (Å²) < 4.78 is 41.3. The first-order chi connectivity index (χ1) is 9.38. The number of ether oxygens (including phenoxy) is 1. The lowest BCUT2D eigenvalue weighted by atomic mass is 10.1. The second kappa shape index (κ2) is 5.60. The van der Waals surface area contributed by atoms with E-state index in [9.17, 15) is 12.8 Å². The van der Waals surface area contributed by atoms with Crippen LogP contribution in [0.4, 0.5) is 4.39 Å². The number of benzene rings is 2. The van der Waals surface area contributed by atoms with Crippen LogP contribution < -0.4 is 9.88 Å². The second-order valence-electron chi connectivity index (χ2n) is 4.35. The van der Waals surface area contributed by atoms with Crippen molar-refractivity contribution in [3.05, 3.63) is 59.4 Å². The second-order valence-corrected chi connectivity index (χ2v) is 5.91. The van der Waals surface area contributed by atoms with E-state index in [2.05, 4.69) is 0 Å². The molecule has 0 aliphatic carbocycles. The Hall–Kier alpha value is -1.92. The molecule has 20 heavy (non-hydrogen) atoms. The first-order valence-corrected chi connectivity index (χ1v) is 7.42. The van der Waals surface area contributed by atoms with Gasteiger partial charge in [-0.1, -0.05) is 24.3 Å². The first kappa shape index (κ1) is 14.5. The molecule has 0 aromatic heterocycles. The van der Waals surface area contributed by atoms with Gasteiger partial charge in [-0.15, -0.1) is 0 Å². The van der Waals surface area contributed by atoms with Crippen LogP contribution in [0.25, 0.3) is 0 Å². The number of aryl methyl sites for hydroxylation is 1. The van der Waals surface area contributed by atoms with Gasteiger partial charge in [-0.2, -0.15) is 0 Å². The molecule has 0 amide bonds. The molecule has 0 aliphatic rings. The highest BCUT2D eigenvalue weighted by Gasteiger charge is 2.12. The van der Waals surface area contributed by atoms with Crippen molar-refractivity contribution in [1.82, 2.24) is 0 Å². The molecule has 0 atom stereocenters. The number of hydrogen-bond donors (Lipinski definition) is 1. The van der Waals surface area contributed by atoms with Gasteiger partial charge in [-0.3, -0.25) is 0 Å². The predicted molar refractivity (Wildman–Crippen MR) is 73.3 cm³/mol. The summed E-state index contributed by atoms with van der Waals surface area (Å²) >= 11 is 0. The highest BCUT2D eigenvalue weighted by molar-refractivity contribution is 7.89. The lowest BCUT2D eigenvalue weighted by Gasteiger charge is -2.10. The Balaban J connectivity index is 2.17. The average Bonchev–Trinajstić information content (AvgIpc) is 2.38. The zero-order valence-corrected chi connectivity index (χ0v) is 11.7. The Kier molecular flexibility index (Phi) is 4.06. The van der Waals surface area contributed by atoms with E-state index in [1.807, 2.05) is 31.2 Å². The van der Waals surface area contributed by atoms with E-state index >= 15 is 0 Å². The third kappa shape index (κ3) is 3.34. The minimum Gasteiger partial charge on any atom is -0.486 e. The van der Waals surface area contributed by atoms with E-state index < -0.39 is 15.8 Å². The molecule has 6 heteroatoms. The largest absolute Gasteiger partial charge is 0.486 e. The van der Waals surface area contributed by atoms with Gasteiger partial charge in [0.1, 0.15) is 6.61 Å². The molecule has 2 N–H and O–H groups in total. The van der Waals surface area contributed by atoms with E-state index in [0.717, 1.165) is 17.2 Å². The van der Waals surface area contributed by atoms with E-state index in [1.165, 1.54) is 12.1 Å². The summed E-state index contributed by atoms with van der Waals surface area (Å²) in [5, 5.41) is 4.93. The molecular formula is C14H14FNO3S. The van der Waals surface area contributed by atoms with Crippen LogP contribution in [-0.2, 0) is 16.6 Å². The van der Waals surface area contributed by atoms with Crippen LogP contribution in [0, 0.1) is 12.7 Å². The van der Waals surface area contributed by atoms with Gasteiger partial charge in [0.2, 0.25) is 10.0 Å². The van der Waals surface area contributed by atoms with Gasteiger partial charge in [0, 0.05) is 0 Å². The molecule has 2 aromatic rings. The molecule has 106 valence electrons. The van der Waals surface area contributed by atoms with Crippen molar-refractivity contribution >= 4 is 10.0 Å². The fourth-order valence-electron chi connectivity index (χ4n) is 1.70. The van der Waals surface area contributed by atoms with Crippen LogP contribution in [-0.4, -0.2) is 8.42 Å². The molecule has 2 aromatic carbocycles. The van der Waals surface area contributed by atoms with Gasteiger partial charge in [-0.05, 0) is 36.2 Å². The van der Waals surface area contributed by atoms with E-state index in [0.29, 0.717) is 0 Å². The fraction of sp³-hybridized carbons (Fsp3) is 0.143. The smallest absolute Gasteiger partial charge is 0.238 e. The summed E-state index contributed by atoms with van der Waals surface area (Å²) in [6, 6.07) is 10.9. The topological polar surface area (TPSA) is 69.4 Å². The third-order valence-electron chi connectivity index (χ3n) is 2.88. The molecule has 0 aliphatic heterocycles. The maximum Gasteiger partial charge on any atom is 0.238 e. The van der Waals surface area contributed by atoms with Crippen molar-refractivity contribution < 1.29 is 17.5 Å². The molecule has 0 radical (unpaired) electrons. The first-order valence-electron chi connectivity index (χ1n) is 5.87. The zero-order valence-electron chi connectivity index (χ0n) is 10.8. The molecule has 0 fully saturated rings. The van der Waals surface area contributed by atoms with E-state index in [1.54, 1.807) is 0 Å². The quantitative estimate of drug-likeness (QED) is 0.941. The minimum atomic E-state index is -3.91. The average molecular weight is 295 g/mol. The molecule has 0 spiro atoms. The highest BCUT2D eigenvalue weighted by Crippen LogP contribution is 2.22. The highest BCUT2D eigenvalue weighted by atomic mass is 32.2. The summed E-state index contributed by atoms with van der Waals surface area (Å²) in [4.78, 5) is -0.279. The Morgan fingerprint density at radius 1 is 1.20 bits per heavy atom. The van der Waals surface area contributed by atoms with Crippen LogP contribution in [0.2, 0.25) is 0 Å². The molecule has 0 saturated heterocycles. The Morgan fingerprint density at radius 3 is 2.50 bits per heavy atom. The Labute approximate surface area is 117 Å². The third-order valence-corrected chi connectivity index (χ3v) is 3.79. The maximum atomic E-state index is 13.7. The maximum absolute atomic E-state index is 13.7. The minimum absolute atomic E-state index is 0.0133. The summed E-state index contributed by atoms with van der Waals surface area (Å²) in [6.45, 7) is 2.14. The summed E-state index contributed by atoms with van der Waals surface area (Å²) in [5.74, 6) is -0.772. The van der Waals surface area contributed by atoms with Crippen molar-refractivity contribution in [1.29, 1.82) is 0 Å². The molecule has 0 unspecified atom stereocenters. The summed E-state index contributed by atoms with van der Waals surface area (Å²) in [5.41, 5.74) is 1.97. The number of nitrogens with two attached hydrogens (primary N) is 1. The van der Waals surface area contributed by atoms with E-state index in [4.69, 9.17) is 9.88 Å². The molecule has 0 heterocycles. The number of halogens is 1. The van der Waals surface area contributed by atoms with Crippen LogP contribution in [0.5, 0.6) is 5.75 Å². The van der Waals surface area contributed by atoms with Crippen molar-refractivity contribution in [3.8, 4) is 5.75 Å². The standard InChI is InChI=1S/C14H14FNO3S/c1-10-4-2-3-5-11(10)9-19-14-7-6-12(8-13(14)15)20(16,17)18/h2-8H,9H2,1H3,(H2,16,17,18). The van der Waals surface area contributed by atoms with Gasteiger partial charge in [0.15, 0.2) is 11.6 Å². The molecule has 4 nitrogen and oxygen atoms in total. The normalized spacial score (nSPS) is 11.3. The van der Waals surface area contributed by atoms with Crippen LogP contribution in [0.15, 0.2) is 47.4 Å². The Bertz CT molecular complexity index is 729. The van der Waals surface area contributed by atoms with Gasteiger partial charge >= 0.3 is 0 Å². The number of rotatable bonds is 4. The number of primary sulfonamides is 1. The van der Waals surface area contributed by atoms with Gasteiger partial charge in [0.05, 0.1) is 4.90 Å². The number of sulfonamides is 1. The van der Waals surface area contributed by atoms with Crippen molar-refractivity contribution in [3.63, 3.8) is 0 Å². The van der Waals surface area contributed by atoms with Crippen molar-refractivity contribution in [2.75, 3.05) is 0 Å². The van der Waals surface area contributed by atoms with Crippen molar-refractivity contribution in [2.45, 2.75) is 18.4 Å². The molecule has 0 saturated carbocycles. The lowest BCUT2D eigenvalue weighted by molar-refractivity contribution is 0.289. The fourth-order valence-corrected chi connectivity index (χ4v) is 2.23. The van der Waals surface area contributed by atoms with Crippen LogP contribution >= 0.6 is 0 Å². The molecule has 2 rings (SSSR count). The monoisotopic (exact) mass is 295 g/mol. The Morgan fingerprint density at radius 2 is 1.90 bits per heavy atom. The van der Waals surface area contributed by atoms with Gasteiger partial charge in [-0.25, -0.2) is 17.9 Å². The van der Waals surface area contributed by atoms with Gasteiger partial charge < -0.3 is 4.74 Å². The van der Waals surface area contributed by atoms with Gasteiger partial charge in [0.25, 0.3) is 0 Å².